The second-order valence-corrected chi connectivity index (χ2v) is 3.39. The highest BCUT2D eigenvalue weighted by Gasteiger charge is 1.75. The highest BCUT2D eigenvalue weighted by atomic mass is 35.5. The van der Waals surface area contributed by atoms with Crippen molar-refractivity contribution >= 4 is 23.2 Å². The van der Waals surface area contributed by atoms with Crippen molar-refractivity contribution < 1.29 is 5.11 Å². The number of phenols is 1. The van der Waals surface area contributed by atoms with Crippen molar-refractivity contribution in [1.29, 1.82) is 0 Å². The standard InChI is InChI=1S/C6H6O.C2H4Cl2/c7-6-4-2-1-3-5-6;1-2(3)4/h1-5,7H;2H,1H3. The minimum absolute atomic E-state index is 0.222. The zero-order valence-electron chi connectivity index (χ0n) is 6.17. The summed E-state index contributed by atoms with van der Waals surface area (Å²) in [5.41, 5.74) is 0. The maximum absolute atomic E-state index is 8.63. The summed E-state index contributed by atoms with van der Waals surface area (Å²) < 4.78 is 0. The van der Waals surface area contributed by atoms with E-state index in [9.17, 15) is 0 Å². The lowest BCUT2D eigenvalue weighted by atomic mass is 10.3. The van der Waals surface area contributed by atoms with Crippen molar-refractivity contribution in [2.45, 2.75) is 11.8 Å². The largest absolute Gasteiger partial charge is 0.508 e. The first-order chi connectivity index (χ1) is 5.13. The molecule has 1 aromatic rings. The Hall–Kier alpha value is -0.400. The summed E-state index contributed by atoms with van der Waals surface area (Å²) in [7, 11) is 0. The van der Waals surface area contributed by atoms with Crippen LogP contribution in [0.25, 0.3) is 0 Å². The lowest BCUT2D eigenvalue weighted by molar-refractivity contribution is 0.475. The van der Waals surface area contributed by atoms with Crippen molar-refractivity contribution in [2.24, 2.45) is 0 Å². The Morgan fingerprint density at radius 3 is 1.73 bits per heavy atom. The molecule has 1 rings (SSSR count). The molecule has 0 aliphatic heterocycles. The van der Waals surface area contributed by atoms with Gasteiger partial charge >= 0.3 is 0 Å². The zero-order chi connectivity index (χ0) is 8.69. The summed E-state index contributed by atoms with van der Waals surface area (Å²) in [4.78, 5) is -0.222. The average molecular weight is 193 g/mol. The van der Waals surface area contributed by atoms with E-state index in [2.05, 4.69) is 0 Å². The van der Waals surface area contributed by atoms with E-state index >= 15 is 0 Å². The van der Waals surface area contributed by atoms with Gasteiger partial charge in [0.15, 0.2) is 0 Å². The Balaban J connectivity index is 0.000000218. The zero-order valence-corrected chi connectivity index (χ0v) is 7.68. The molecule has 0 aliphatic carbocycles. The van der Waals surface area contributed by atoms with Crippen molar-refractivity contribution in [3.8, 4) is 5.75 Å². The molecule has 1 N–H and O–H groups in total. The molecular formula is C8H10Cl2O. The molecule has 1 nitrogen and oxygen atoms in total. The number of hydrogen-bond donors (Lipinski definition) is 1. The van der Waals surface area contributed by atoms with Gasteiger partial charge in [-0.25, -0.2) is 0 Å². The molecule has 1 aromatic carbocycles. The van der Waals surface area contributed by atoms with Crippen LogP contribution < -0.4 is 0 Å². The van der Waals surface area contributed by atoms with Crippen LogP contribution in [-0.4, -0.2) is 9.94 Å². The molecule has 0 spiro atoms. The van der Waals surface area contributed by atoms with Crippen LogP contribution >= 0.6 is 23.2 Å². The van der Waals surface area contributed by atoms with Gasteiger partial charge < -0.3 is 5.11 Å². The lowest BCUT2D eigenvalue weighted by Gasteiger charge is -1.82. The summed E-state index contributed by atoms with van der Waals surface area (Å²) in [5.74, 6) is 0.322. The van der Waals surface area contributed by atoms with Gasteiger partial charge in [0.25, 0.3) is 0 Å². The summed E-state index contributed by atoms with van der Waals surface area (Å²) in [5, 5.41) is 8.63. The number of phenolic OH excluding ortho intramolecular Hbond substituents is 1. The van der Waals surface area contributed by atoms with E-state index in [4.69, 9.17) is 28.3 Å². The van der Waals surface area contributed by atoms with E-state index < -0.39 is 0 Å². The van der Waals surface area contributed by atoms with Gasteiger partial charge in [0.05, 0.1) is 0 Å². The number of alkyl halides is 2. The number of halogens is 2. The van der Waals surface area contributed by atoms with Crippen LogP contribution in [0.2, 0.25) is 0 Å². The van der Waals surface area contributed by atoms with E-state index in [0.29, 0.717) is 5.75 Å². The van der Waals surface area contributed by atoms with Gasteiger partial charge in [-0.05, 0) is 19.1 Å². The predicted octanol–water partition coefficient (Wildman–Crippen LogP) is 3.20. The Kier molecular flexibility index (Phi) is 6.09. The quantitative estimate of drug-likeness (QED) is 0.627. The van der Waals surface area contributed by atoms with Crippen LogP contribution in [0.1, 0.15) is 6.92 Å². The first-order valence-corrected chi connectivity index (χ1v) is 4.02. The molecule has 3 heteroatoms. The molecule has 0 radical (unpaired) electrons. The Bertz CT molecular complexity index is 172. The fourth-order valence-electron chi connectivity index (χ4n) is 0.428. The van der Waals surface area contributed by atoms with E-state index in [0.717, 1.165) is 0 Å². The summed E-state index contributed by atoms with van der Waals surface area (Å²) >= 11 is 10.1. The fraction of sp³-hybridized carbons (Fsp3) is 0.250. The Morgan fingerprint density at radius 2 is 1.55 bits per heavy atom. The molecule has 0 bridgehead atoms. The SMILES string of the molecule is CC(Cl)Cl.Oc1ccccc1. The van der Waals surface area contributed by atoms with Crippen molar-refractivity contribution in [3.63, 3.8) is 0 Å². The minimum Gasteiger partial charge on any atom is -0.508 e. The molecule has 62 valence electrons. The van der Waals surface area contributed by atoms with Crippen LogP contribution in [0.15, 0.2) is 30.3 Å². The molecule has 0 atom stereocenters. The third kappa shape index (κ3) is 9.60. The molecule has 0 fully saturated rings. The predicted molar refractivity (Wildman–Crippen MR) is 49.3 cm³/mol. The normalized spacial score (nSPS) is 8.73. The molecule has 11 heavy (non-hydrogen) atoms. The van der Waals surface area contributed by atoms with Crippen LogP contribution in [-0.2, 0) is 0 Å². The smallest absolute Gasteiger partial charge is 0.115 e. The fourth-order valence-corrected chi connectivity index (χ4v) is 0.428. The van der Waals surface area contributed by atoms with E-state index in [1.165, 1.54) is 0 Å². The lowest BCUT2D eigenvalue weighted by Crippen LogP contribution is -1.63. The van der Waals surface area contributed by atoms with E-state index in [1.54, 1.807) is 31.2 Å². The molecule has 0 saturated carbocycles. The van der Waals surface area contributed by atoms with Gasteiger partial charge in [-0.3, -0.25) is 0 Å². The van der Waals surface area contributed by atoms with Gasteiger partial charge in [-0.2, -0.15) is 0 Å². The van der Waals surface area contributed by atoms with Crippen molar-refractivity contribution in [2.75, 3.05) is 0 Å². The average Bonchev–Trinajstić information content (AvgIpc) is 1.87. The van der Waals surface area contributed by atoms with Crippen molar-refractivity contribution in [1.82, 2.24) is 0 Å². The maximum Gasteiger partial charge on any atom is 0.115 e. The number of rotatable bonds is 0. The highest BCUT2D eigenvalue weighted by Crippen LogP contribution is 2.02. The topological polar surface area (TPSA) is 20.2 Å². The van der Waals surface area contributed by atoms with Crippen LogP contribution in [0.5, 0.6) is 5.75 Å². The molecular weight excluding hydrogens is 183 g/mol. The summed E-state index contributed by atoms with van der Waals surface area (Å²) in [6, 6.07) is 8.71. The summed E-state index contributed by atoms with van der Waals surface area (Å²) in [6.07, 6.45) is 0. The third-order valence-corrected chi connectivity index (χ3v) is 0.756. The molecule has 0 aromatic heterocycles. The number of para-hydroxylation sites is 1. The van der Waals surface area contributed by atoms with Gasteiger partial charge in [0, 0.05) is 0 Å². The van der Waals surface area contributed by atoms with Gasteiger partial charge in [0.1, 0.15) is 10.6 Å². The second kappa shape index (κ2) is 6.32. The van der Waals surface area contributed by atoms with Gasteiger partial charge in [-0.1, -0.05) is 18.2 Å². The molecule has 0 heterocycles. The van der Waals surface area contributed by atoms with E-state index in [-0.39, 0.29) is 4.84 Å². The van der Waals surface area contributed by atoms with Gasteiger partial charge in [-0.15, -0.1) is 23.2 Å². The first kappa shape index (κ1) is 10.6. The molecule has 0 aliphatic rings. The van der Waals surface area contributed by atoms with Crippen LogP contribution in [0.3, 0.4) is 0 Å². The number of benzene rings is 1. The monoisotopic (exact) mass is 192 g/mol. The second-order valence-electron chi connectivity index (χ2n) is 1.85. The number of hydrogen-bond acceptors (Lipinski definition) is 1. The highest BCUT2D eigenvalue weighted by molar-refractivity contribution is 6.43. The Labute approximate surface area is 76.6 Å². The van der Waals surface area contributed by atoms with Crippen molar-refractivity contribution in [3.05, 3.63) is 30.3 Å². The Morgan fingerprint density at radius 1 is 1.18 bits per heavy atom. The molecule has 0 amide bonds. The minimum atomic E-state index is -0.222. The molecule has 0 unspecified atom stereocenters. The first-order valence-electron chi connectivity index (χ1n) is 3.15. The number of aromatic hydroxyl groups is 1. The van der Waals surface area contributed by atoms with Crippen LogP contribution in [0, 0.1) is 0 Å². The van der Waals surface area contributed by atoms with Crippen LogP contribution in [0.4, 0.5) is 0 Å². The molecule has 0 saturated heterocycles. The summed E-state index contributed by atoms with van der Waals surface area (Å²) in [6.45, 7) is 1.70. The maximum atomic E-state index is 8.63. The van der Waals surface area contributed by atoms with Gasteiger partial charge in [0.2, 0.25) is 0 Å². The van der Waals surface area contributed by atoms with E-state index in [1.807, 2.05) is 6.07 Å². The third-order valence-electron chi connectivity index (χ3n) is 0.756.